The molecule has 1 N–H and O–H groups in total. The molecule has 3 heteroatoms. The highest BCUT2D eigenvalue weighted by Crippen LogP contribution is 2.45. The van der Waals surface area contributed by atoms with E-state index in [1.165, 1.54) is 64.7 Å². The molecule has 3 nitrogen and oxygen atoms in total. The van der Waals surface area contributed by atoms with Gasteiger partial charge >= 0.3 is 0 Å². The van der Waals surface area contributed by atoms with E-state index >= 15 is 0 Å². The normalized spacial score (nSPS) is 42.6. The Kier molecular flexibility index (Phi) is 3.17. The summed E-state index contributed by atoms with van der Waals surface area (Å²) in [7, 11) is 0. The third kappa shape index (κ3) is 2.05. The highest BCUT2D eigenvalue weighted by molar-refractivity contribution is 5.05. The molecule has 114 valence electrons. The fourth-order valence-corrected chi connectivity index (χ4v) is 5.47. The predicted octanol–water partition coefficient (Wildman–Crippen LogP) is 2.41. The number of nitrogens with one attached hydrogen (secondary N) is 1. The molecule has 0 aromatic carbocycles. The smallest absolute Gasteiger partial charge is 0.0710 e. The maximum absolute atomic E-state index is 6.53. The average Bonchev–Trinajstić information content (AvgIpc) is 3.14. The molecular weight excluding hydrogens is 248 g/mol. The molecule has 3 unspecified atom stereocenters. The molecule has 3 aliphatic heterocycles. The topological polar surface area (TPSA) is 24.5 Å². The molecule has 4 fully saturated rings. The van der Waals surface area contributed by atoms with Crippen LogP contribution in [0.4, 0.5) is 0 Å². The van der Waals surface area contributed by atoms with E-state index < -0.39 is 0 Å². The zero-order chi connectivity index (χ0) is 13.8. The number of likely N-dealkylation sites (tertiary alicyclic amines) is 1. The summed E-state index contributed by atoms with van der Waals surface area (Å²) < 4.78 is 6.53. The quantitative estimate of drug-likeness (QED) is 0.839. The van der Waals surface area contributed by atoms with E-state index in [2.05, 4.69) is 24.1 Å². The summed E-state index contributed by atoms with van der Waals surface area (Å²) in [6, 6.07) is 0. The molecule has 4 aliphatic rings. The van der Waals surface area contributed by atoms with E-state index in [9.17, 15) is 0 Å². The van der Waals surface area contributed by atoms with Gasteiger partial charge in [0.15, 0.2) is 0 Å². The second-order valence-corrected chi connectivity index (χ2v) is 8.25. The van der Waals surface area contributed by atoms with Crippen LogP contribution in [0, 0.1) is 11.8 Å². The summed E-state index contributed by atoms with van der Waals surface area (Å²) in [5, 5.41) is 3.58. The highest BCUT2D eigenvalue weighted by atomic mass is 16.5. The van der Waals surface area contributed by atoms with Gasteiger partial charge in [-0.15, -0.1) is 0 Å². The zero-order valence-electron chi connectivity index (χ0n) is 13.2. The lowest BCUT2D eigenvalue weighted by Gasteiger charge is -2.37. The molecular formula is C17H30N2O. The van der Waals surface area contributed by atoms with E-state index in [1.54, 1.807) is 0 Å². The zero-order valence-corrected chi connectivity index (χ0v) is 13.2. The van der Waals surface area contributed by atoms with Gasteiger partial charge in [0.25, 0.3) is 0 Å². The first-order valence-corrected chi connectivity index (χ1v) is 8.73. The Morgan fingerprint density at radius 2 is 1.95 bits per heavy atom. The lowest BCUT2D eigenvalue weighted by atomic mass is 9.85. The third-order valence-corrected chi connectivity index (χ3v) is 6.79. The SMILES string of the molecule is CC1(C)C2CNCC2CN1CC1CCC2(CCCC2)O1. The molecule has 3 atom stereocenters. The van der Waals surface area contributed by atoms with Crippen molar-refractivity contribution in [2.24, 2.45) is 11.8 Å². The van der Waals surface area contributed by atoms with Crippen LogP contribution in [0.25, 0.3) is 0 Å². The van der Waals surface area contributed by atoms with Crippen LogP contribution in [-0.4, -0.2) is 48.3 Å². The van der Waals surface area contributed by atoms with E-state index in [-0.39, 0.29) is 0 Å². The van der Waals surface area contributed by atoms with Gasteiger partial charge in [-0.05, 0) is 57.9 Å². The summed E-state index contributed by atoms with van der Waals surface area (Å²) in [5.74, 6) is 1.70. The first kappa shape index (κ1) is 13.5. The average molecular weight is 278 g/mol. The van der Waals surface area contributed by atoms with Gasteiger partial charge in [0, 0.05) is 25.2 Å². The van der Waals surface area contributed by atoms with E-state index in [4.69, 9.17) is 4.74 Å². The number of hydrogen-bond donors (Lipinski definition) is 1. The minimum Gasteiger partial charge on any atom is -0.370 e. The molecule has 1 spiro atoms. The van der Waals surface area contributed by atoms with Crippen molar-refractivity contribution in [3.05, 3.63) is 0 Å². The first-order valence-electron chi connectivity index (χ1n) is 8.73. The highest BCUT2D eigenvalue weighted by Gasteiger charge is 2.51. The summed E-state index contributed by atoms with van der Waals surface area (Å²) >= 11 is 0. The molecule has 0 radical (unpaired) electrons. The van der Waals surface area contributed by atoms with Crippen molar-refractivity contribution < 1.29 is 4.74 Å². The minimum absolute atomic E-state index is 0.298. The van der Waals surface area contributed by atoms with Crippen LogP contribution in [0.15, 0.2) is 0 Å². The van der Waals surface area contributed by atoms with E-state index in [1.807, 2.05) is 0 Å². The van der Waals surface area contributed by atoms with Gasteiger partial charge in [0.2, 0.25) is 0 Å². The Labute approximate surface area is 123 Å². The summed E-state index contributed by atoms with van der Waals surface area (Å²) in [6.45, 7) is 9.78. The monoisotopic (exact) mass is 278 g/mol. The molecule has 1 aliphatic carbocycles. The number of fused-ring (bicyclic) bond motifs is 1. The molecule has 0 bridgehead atoms. The summed E-state index contributed by atoms with van der Waals surface area (Å²) in [5.41, 5.74) is 0.648. The molecule has 0 amide bonds. The van der Waals surface area contributed by atoms with Crippen molar-refractivity contribution in [3.63, 3.8) is 0 Å². The van der Waals surface area contributed by atoms with Crippen molar-refractivity contribution in [2.45, 2.75) is 69.6 Å². The minimum atomic E-state index is 0.298. The molecule has 3 heterocycles. The van der Waals surface area contributed by atoms with Gasteiger partial charge < -0.3 is 10.1 Å². The van der Waals surface area contributed by atoms with Gasteiger partial charge in [-0.25, -0.2) is 0 Å². The van der Waals surface area contributed by atoms with Gasteiger partial charge in [0.1, 0.15) is 0 Å². The second kappa shape index (κ2) is 4.69. The third-order valence-electron chi connectivity index (χ3n) is 6.79. The van der Waals surface area contributed by atoms with Gasteiger partial charge in [0.05, 0.1) is 11.7 Å². The first-order chi connectivity index (χ1) is 9.59. The Hall–Kier alpha value is -0.120. The fourth-order valence-electron chi connectivity index (χ4n) is 5.47. The Morgan fingerprint density at radius 1 is 1.15 bits per heavy atom. The van der Waals surface area contributed by atoms with Crippen LogP contribution in [-0.2, 0) is 4.74 Å². The van der Waals surface area contributed by atoms with Crippen molar-refractivity contribution in [3.8, 4) is 0 Å². The Morgan fingerprint density at radius 3 is 2.70 bits per heavy atom. The van der Waals surface area contributed by atoms with Crippen molar-refractivity contribution >= 4 is 0 Å². The second-order valence-electron chi connectivity index (χ2n) is 8.25. The lowest BCUT2D eigenvalue weighted by molar-refractivity contribution is -0.0546. The van der Waals surface area contributed by atoms with Crippen LogP contribution in [0.3, 0.4) is 0 Å². The Bertz CT molecular complexity index is 375. The molecule has 0 aromatic rings. The fraction of sp³-hybridized carbons (Fsp3) is 1.00. The lowest BCUT2D eigenvalue weighted by Crippen LogP contribution is -2.47. The summed E-state index contributed by atoms with van der Waals surface area (Å²) in [6.07, 6.45) is 8.53. The number of hydrogen-bond acceptors (Lipinski definition) is 3. The maximum Gasteiger partial charge on any atom is 0.0710 e. The van der Waals surface area contributed by atoms with Crippen molar-refractivity contribution in [1.29, 1.82) is 0 Å². The van der Waals surface area contributed by atoms with Crippen LogP contribution >= 0.6 is 0 Å². The summed E-state index contributed by atoms with van der Waals surface area (Å²) in [4.78, 5) is 2.74. The van der Waals surface area contributed by atoms with Crippen molar-refractivity contribution in [1.82, 2.24) is 10.2 Å². The number of nitrogens with zero attached hydrogens (tertiary/aromatic N) is 1. The van der Waals surface area contributed by atoms with Crippen LogP contribution in [0.2, 0.25) is 0 Å². The van der Waals surface area contributed by atoms with Crippen LogP contribution in [0.1, 0.15) is 52.4 Å². The molecule has 1 saturated carbocycles. The van der Waals surface area contributed by atoms with Crippen LogP contribution < -0.4 is 5.32 Å². The standard InChI is InChI=1S/C17H30N2O/c1-16(2)15-10-18-9-13(15)11-19(16)12-14-5-8-17(20-14)6-3-4-7-17/h13-15,18H,3-12H2,1-2H3. The van der Waals surface area contributed by atoms with Gasteiger partial charge in [-0.1, -0.05) is 12.8 Å². The maximum atomic E-state index is 6.53. The number of ether oxygens (including phenoxy) is 1. The molecule has 20 heavy (non-hydrogen) atoms. The molecule has 0 aromatic heterocycles. The van der Waals surface area contributed by atoms with Gasteiger partial charge in [-0.2, -0.15) is 0 Å². The largest absolute Gasteiger partial charge is 0.370 e. The molecule has 3 saturated heterocycles. The predicted molar refractivity (Wildman–Crippen MR) is 80.8 cm³/mol. The van der Waals surface area contributed by atoms with E-state index in [0.29, 0.717) is 17.2 Å². The van der Waals surface area contributed by atoms with Crippen LogP contribution in [0.5, 0.6) is 0 Å². The van der Waals surface area contributed by atoms with E-state index in [0.717, 1.165) is 11.8 Å². The van der Waals surface area contributed by atoms with Crippen molar-refractivity contribution in [2.75, 3.05) is 26.2 Å². The Balaban J connectivity index is 1.40. The molecule has 4 rings (SSSR count). The number of rotatable bonds is 2. The van der Waals surface area contributed by atoms with Gasteiger partial charge in [-0.3, -0.25) is 4.90 Å².